The number of aliphatic hydroxyl groups is 9. The highest BCUT2D eigenvalue weighted by Crippen LogP contribution is 2.44. The minimum Gasteiger partial charge on any atom is -0.367 e. The standard InChI is InChI=1S/C33H42F7N3O11/c1-17-12-22(34)6-7-24(17)25-16-23(43(32(51,52)28(4,47)48)33(53,54)29(49,50)10-8-18(2)44)9-11-42(25)26(45)41(5)27(3,46)19-13-20(30(35,36)37)15-21(14-19)31(38,39)40/h6-7,12-15,23,25,46-54H,8-11,16H2,1-5H3. The van der Waals surface area contributed by atoms with Gasteiger partial charge in [0.2, 0.25) is 11.6 Å². The number of amides is 2. The number of ketones is 1. The molecule has 1 heterocycles. The number of hydrogen-bond donors (Lipinski definition) is 9. The Morgan fingerprint density at radius 2 is 1.31 bits per heavy atom. The quantitative estimate of drug-likeness (QED) is 0.118. The van der Waals surface area contributed by atoms with Crippen LogP contribution in [0.15, 0.2) is 36.4 Å². The van der Waals surface area contributed by atoms with E-state index in [0.29, 0.717) is 11.8 Å². The van der Waals surface area contributed by atoms with Gasteiger partial charge in [-0.25, -0.2) is 9.18 Å². The second-order valence-electron chi connectivity index (χ2n) is 13.7. The van der Waals surface area contributed by atoms with Gasteiger partial charge in [0.05, 0.1) is 17.2 Å². The maximum Gasteiger partial charge on any atom is 0.416 e. The van der Waals surface area contributed by atoms with Gasteiger partial charge in [0.25, 0.3) is 11.8 Å². The van der Waals surface area contributed by atoms with Gasteiger partial charge in [-0.05, 0) is 82.0 Å². The van der Waals surface area contributed by atoms with Crippen LogP contribution < -0.4 is 0 Å². The minimum absolute atomic E-state index is 0.0374. The molecule has 3 rings (SSSR count). The number of hydrogen-bond acceptors (Lipinski definition) is 12. The van der Waals surface area contributed by atoms with Gasteiger partial charge in [0.1, 0.15) is 11.6 Å². The van der Waals surface area contributed by atoms with Crippen molar-refractivity contribution in [2.75, 3.05) is 13.6 Å². The molecule has 1 aliphatic heterocycles. The molecule has 1 fully saturated rings. The van der Waals surface area contributed by atoms with E-state index in [-0.39, 0.29) is 34.2 Å². The normalized spacial score (nSPS) is 19.2. The third-order valence-corrected chi connectivity index (χ3v) is 9.52. The number of Topliss-reactive ketones (excluding diaryl/α,β-unsaturated/α-hetero) is 1. The van der Waals surface area contributed by atoms with Crippen LogP contribution in [0.2, 0.25) is 0 Å². The lowest BCUT2D eigenvalue weighted by atomic mass is 9.86. The first kappa shape index (κ1) is 44.9. The molecule has 9 N–H and O–H groups in total. The number of nitrogens with zero attached hydrogens (tertiary/aromatic N) is 3. The Hall–Kier alpha value is -3.51. The largest absolute Gasteiger partial charge is 0.416 e. The molecule has 1 aliphatic rings. The van der Waals surface area contributed by atoms with Gasteiger partial charge in [-0.3, -0.25) is 4.90 Å². The maximum atomic E-state index is 14.2. The van der Waals surface area contributed by atoms with Crippen LogP contribution in [0.25, 0.3) is 0 Å². The predicted octanol–water partition coefficient (Wildman–Crippen LogP) is 1.92. The van der Waals surface area contributed by atoms with Crippen LogP contribution in [0.1, 0.15) is 80.3 Å². The summed E-state index contributed by atoms with van der Waals surface area (Å²) < 4.78 is 96.2. The number of rotatable bonds is 11. The first-order valence-corrected chi connectivity index (χ1v) is 16.1. The topological polar surface area (TPSA) is 226 Å². The fourth-order valence-corrected chi connectivity index (χ4v) is 6.18. The van der Waals surface area contributed by atoms with Gasteiger partial charge in [-0.15, -0.1) is 0 Å². The summed E-state index contributed by atoms with van der Waals surface area (Å²) in [6.07, 6.45) is -13.9. The van der Waals surface area contributed by atoms with Crippen molar-refractivity contribution in [1.29, 1.82) is 0 Å². The lowest BCUT2D eigenvalue weighted by Gasteiger charge is -2.55. The summed E-state index contributed by atoms with van der Waals surface area (Å²) in [6, 6.07) is -1.34. The van der Waals surface area contributed by atoms with E-state index in [2.05, 4.69) is 0 Å². The van der Waals surface area contributed by atoms with E-state index in [9.17, 15) is 86.3 Å². The zero-order chi connectivity index (χ0) is 41.8. The Morgan fingerprint density at radius 1 is 0.815 bits per heavy atom. The number of carbonyl (C=O) groups excluding carboxylic acids is 2. The Balaban J connectivity index is 2.20. The molecule has 0 saturated carbocycles. The van der Waals surface area contributed by atoms with Crippen LogP contribution >= 0.6 is 0 Å². The highest BCUT2D eigenvalue weighted by atomic mass is 19.4. The molecule has 14 nitrogen and oxygen atoms in total. The Labute approximate surface area is 303 Å². The molecule has 0 spiro atoms. The summed E-state index contributed by atoms with van der Waals surface area (Å²) in [4.78, 5) is 26.7. The van der Waals surface area contributed by atoms with Crippen molar-refractivity contribution in [2.45, 2.75) is 107 Å². The van der Waals surface area contributed by atoms with Crippen LogP contribution in [0.4, 0.5) is 35.5 Å². The van der Waals surface area contributed by atoms with Gasteiger partial charge < -0.3 is 55.7 Å². The van der Waals surface area contributed by atoms with E-state index in [1.165, 1.54) is 6.92 Å². The predicted molar refractivity (Wildman–Crippen MR) is 169 cm³/mol. The number of carbonyl (C=O) groups is 2. The highest BCUT2D eigenvalue weighted by molar-refractivity contribution is 5.76. The molecule has 21 heteroatoms. The Kier molecular flexibility index (Phi) is 12.4. The van der Waals surface area contributed by atoms with Gasteiger partial charge in [-0.2, -0.15) is 31.2 Å². The third kappa shape index (κ3) is 8.96. The lowest BCUT2D eigenvalue weighted by Crippen LogP contribution is -2.78. The number of benzene rings is 2. The van der Waals surface area contributed by atoms with Crippen molar-refractivity contribution in [3.8, 4) is 0 Å². The van der Waals surface area contributed by atoms with Crippen LogP contribution in [0.3, 0.4) is 0 Å². The van der Waals surface area contributed by atoms with Crippen LogP contribution in [-0.4, -0.2) is 116 Å². The summed E-state index contributed by atoms with van der Waals surface area (Å²) in [5.74, 6) is -17.4. The van der Waals surface area contributed by atoms with E-state index >= 15 is 0 Å². The third-order valence-electron chi connectivity index (χ3n) is 9.52. The summed E-state index contributed by atoms with van der Waals surface area (Å²) in [7, 11) is 0.839. The van der Waals surface area contributed by atoms with E-state index in [0.717, 1.165) is 44.0 Å². The summed E-state index contributed by atoms with van der Waals surface area (Å²) in [5.41, 5.74) is -7.37. The highest BCUT2D eigenvalue weighted by Gasteiger charge is 2.65. The SMILES string of the molecule is CC(=O)CCC(O)(O)C(O)(O)N(C1CCN(C(=O)N(C)C(C)(O)c2cc(C(F)(F)F)cc(C(F)(F)F)c2)C(c2ccc(F)cc2C)C1)C(O)(O)C(C)(O)O. The molecule has 304 valence electrons. The van der Waals surface area contributed by atoms with Crippen molar-refractivity contribution in [3.05, 3.63) is 70.0 Å². The molecular weight excluding hydrogens is 747 g/mol. The Bertz CT molecular complexity index is 1680. The van der Waals surface area contributed by atoms with E-state index in [4.69, 9.17) is 0 Å². The Morgan fingerprint density at radius 3 is 1.76 bits per heavy atom. The van der Waals surface area contributed by atoms with Gasteiger partial charge in [-0.1, -0.05) is 6.07 Å². The maximum absolute atomic E-state index is 14.2. The smallest absolute Gasteiger partial charge is 0.367 e. The molecule has 0 aromatic heterocycles. The molecule has 3 unspecified atom stereocenters. The molecule has 1 saturated heterocycles. The molecule has 3 atom stereocenters. The zero-order valence-corrected chi connectivity index (χ0v) is 29.5. The van der Waals surface area contributed by atoms with Crippen molar-refractivity contribution >= 4 is 11.8 Å². The first-order valence-electron chi connectivity index (χ1n) is 16.1. The van der Waals surface area contributed by atoms with Crippen LogP contribution in [-0.2, 0) is 22.9 Å². The summed E-state index contributed by atoms with van der Waals surface area (Å²) in [5, 5.41) is 97.8. The van der Waals surface area contributed by atoms with Gasteiger partial charge in [0.15, 0.2) is 5.72 Å². The minimum atomic E-state index is -5.32. The first-order chi connectivity index (χ1) is 24.2. The second kappa shape index (κ2) is 14.9. The molecule has 0 radical (unpaired) electrons. The lowest BCUT2D eigenvalue weighted by molar-refractivity contribution is -0.511. The molecule has 2 amide bonds. The fourth-order valence-electron chi connectivity index (χ4n) is 6.18. The van der Waals surface area contributed by atoms with Crippen molar-refractivity contribution in [2.24, 2.45) is 0 Å². The number of halogens is 7. The molecular formula is C33H42F7N3O11. The summed E-state index contributed by atoms with van der Waals surface area (Å²) >= 11 is 0. The number of urea groups is 1. The second-order valence-corrected chi connectivity index (χ2v) is 13.7. The van der Waals surface area contributed by atoms with E-state index in [1.807, 2.05) is 0 Å². The average molecular weight is 790 g/mol. The monoisotopic (exact) mass is 789 g/mol. The average Bonchev–Trinajstić information content (AvgIpc) is 3.01. The van der Waals surface area contributed by atoms with Crippen molar-refractivity contribution in [1.82, 2.24) is 14.7 Å². The van der Waals surface area contributed by atoms with Gasteiger partial charge >= 0.3 is 18.4 Å². The number of aryl methyl sites for hydroxylation is 1. The van der Waals surface area contributed by atoms with Crippen molar-refractivity contribution in [3.63, 3.8) is 0 Å². The van der Waals surface area contributed by atoms with Crippen LogP contribution in [0.5, 0.6) is 0 Å². The number of piperidine rings is 1. The fraction of sp³-hybridized carbons (Fsp3) is 0.576. The van der Waals surface area contributed by atoms with Crippen molar-refractivity contribution < 1.29 is 86.3 Å². The number of likely N-dealkylation sites (tertiary alicyclic amines) is 1. The van der Waals surface area contributed by atoms with Crippen LogP contribution in [0, 0.1) is 12.7 Å². The van der Waals surface area contributed by atoms with Gasteiger partial charge in [0, 0.05) is 38.0 Å². The molecule has 2 aromatic rings. The number of alkyl halides is 6. The molecule has 0 aliphatic carbocycles. The molecule has 2 aromatic carbocycles. The summed E-state index contributed by atoms with van der Waals surface area (Å²) in [6.45, 7) is 2.79. The van der Waals surface area contributed by atoms with E-state index in [1.54, 1.807) is 0 Å². The zero-order valence-electron chi connectivity index (χ0n) is 29.5. The molecule has 54 heavy (non-hydrogen) atoms. The molecule has 0 bridgehead atoms. The van der Waals surface area contributed by atoms with E-state index < -0.39 is 120 Å².